The number of nitrogens with one attached hydrogen (secondary N) is 1. The molecule has 1 N–H and O–H groups in total. The van der Waals surface area contributed by atoms with Crippen LogP contribution in [0.3, 0.4) is 0 Å². The lowest BCUT2D eigenvalue weighted by Gasteiger charge is -2.20. The van der Waals surface area contributed by atoms with Crippen LogP contribution < -0.4 is 10.1 Å². The summed E-state index contributed by atoms with van der Waals surface area (Å²) in [5.41, 5.74) is 3.89. The van der Waals surface area contributed by atoms with Gasteiger partial charge in [-0.3, -0.25) is 0 Å². The van der Waals surface area contributed by atoms with Crippen molar-refractivity contribution in [3.05, 3.63) is 65.2 Å². The van der Waals surface area contributed by atoms with E-state index in [9.17, 15) is 0 Å². The first-order valence-corrected chi connectivity index (χ1v) is 7.83. The van der Waals surface area contributed by atoms with Gasteiger partial charge in [0, 0.05) is 0 Å². The van der Waals surface area contributed by atoms with Crippen molar-refractivity contribution < 1.29 is 4.74 Å². The molecule has 2 heteroatoms. The molecule has 110 valence electrons. The molecule has 0 saturated heterocycles. The molecule has 1 aliphatic carbocycles. The van der Waals surface area contributed by atoms with Crippen LogP contribution in [-0.4, -0.2) is 12.6 Å². The standard InChI is InChI=1S/C19H23NO/c1-3-20-19(16-6-4-5-14(2)13-16)15-7-9-17(10-8-15)21-18-11-12-18/h4-10,13,18-20H,3,11-12H2,1-2H3. The molecule has 0 amide bonds. The highest BCUT2D eigenvalue weighted by Crippen LogP contribution is 2.29. The van der Waals surface area contributed by atoms with E-state index in [-0.39, 0.29) is 6.04 Å². The average Bonchev–Trinajstić information content (AvgIpc) is 3.30. The van der Waals surface area contributed by atoms with Crippen molar-refractivity contribution in [3.8, 4) is 5.75 Å². The fourth-order valence-electron chi connectivity index (χ4n) is 2.60. The molecule has 0 heterocycles. The molecule has 2 aromatic carbocycles. The lowest BCUT2D eigenvalue weighted by molar-refractivity contribution is 0.303. The highest BCUT2D eigenvalue weighted by atomic mass is 16.5. The number of hydrogen-bond acceptors (Lipinski definition) is 2. The Bertz CT molecular complexity index is 587. The van der Waals surface area contributed by atoms with Gasteiger partial charge in [-0.25, -0.2) is 0 Å². The first-order chi connectivity index (χ1) is 10.3. The Balaban J connectivity index is 1.82. The Hall–Kier alpha value is -1.80. The molecule has 2 aromatic rings. The maximum absolute atomic E-state index is 5.82. The Morgan fingerprint density at radius 1 is 1.10 bits per heavy atom. The summed E-state index contributed by atoms with van der Waals surface area (Å²) in [6, 6.07) is 17.5. The Labute approximate surface area is 127 Å². The highest BCUT2D eigenvalue weighted by Gasteiger charge is 2.23. The summed E-state index contributed by atoms with van der Waals surface area (Å²) in [5.74, 6) is 0.987. The highest BCUT2D eigenvalue weighted by molar-refractivity contribution is 5.37. The molecule has 1 saturated carbocycles. The zero-order chi connectivity index (χ0) is 14.7. The van der Waals surface area contributed by atoms with E-state index in [0.717, 1.165) is 12.3 Å². The van der Waals surface area contributed by atoms with Crippen LogP contribution >= 0.6 is 0 Å². The number of hydrogen-bond donors (Lipinski definition) is 1. The van der Waals surface area contributed by atoms with Crippen molar-refractivity contribution in [2.75, 3.05) is 6.54 Å². The topological polar surface area (TPSA) is 21.3 Å². The molecule has 3 rings (SSSR count). The first-order valence-electron chi connectivity index (χ1n) is 7.83. The predicted molar refractivity (Wildman–Crippen MR) is 86.8 cm³/mol. The van der Waals surface area contributed by atoms with Crippen LogP contribution in [0.1, 0.15) is 42.5 Å². The van der Waals surface area contributed by atoms with E-state index >= 15 is 0 Å². The van der Waals surface area contributed by atoms with Gasteiger partial charge in [-0.1, -0.05) is 48.9 Å². The quantitative estimate of drug-likeness (QED) is 0.855. The van der Waals surface area contributed by atoms with Gasteiger partial charge in [0.1, 0.15) is 5.75 Å². The number of rotatable bonds is 6. The zero-order valence-corrected chi connectivity index (χ0v) is 12.8. The third-order valence-electron chi connectivity index (χ3n) is 3.82. The molecule has 0 spiro atoms. The first kappa shape index (κ1) is 14.2. The lowest BCUT2D eigenvalue weighted by Crippen LogP contribution is -2.22. The van der Waals surface area contributed by atoms with E-state index in [1.54, 1.807) is 0 Å². The lowest BCUT2D eigenvalue weighted by atomic mass is 9.97. The monoisotopic (exact) mass is 281 g/mol. The van der Waals surface area contributed by atoms with Crippen LogP contribution in [0.2, 0.25) is 0 Å². The fraction of sp³-hybridized carbons (Fsp3) is 0.368. The van der Waals surface area contributed by atoms with Crippen LogP contribution in [0, 0.1) is 6.92 Å². The molecule has 1 fully saturated rings. The minimum atomic E-state index is 0.241. The van der Waals surface area contributed by atoms with Crippen LogP contribution in [0.25, 0.3) is 0 Å². The molecule has 1 aliphatic rings. The van der Waals surface area contributed by atoms with E-state index in [0.29, 0.717) is 6.10 Å². The summed E-state index contributed by atoms with van der Waals surface area (Å²) in [4.78, 5) is 0. The minimum absolute atomic E-state index is 0.241. The second kappa shape index (κ2) is 6.31. The third kappa shape index (κ3) is 3.64. The summed E-state index contributed by atoms with van der Waals surface area (Å²) in [6.45, 7) is 5.23. The van der Waals surface area contributed by atoms with E-state index in [1.807, 2.05) is 0 Å². The van der Waals surface area contributed by atoms with Gasteiger partial charge in [-0.2, -0.15) is 0 Å². The molecule has 0 bridgehead atoms. The summed E-state index contributed by atoms with van der Waals surface area (Å²) < 4.78 is 5.82. The minimum Gasteiger partial charge on any atom is -0.490 e. The second-order valence-electron chi connectivity index (χ2n) is 5.79. The van der Waals surface area contributed by atoms with Gasteiger partial charge in [0.25, 0.3) is 0 Å². The van der Waals surface area contributed by atoms with Gasteiger partial charge in [-0.15, -0.1) is 0 Å². The van der Waals surface area contributed by atoms with Gasteiger partial charge < -0.3 is 10.1 Å². The summed E-state index contributed by atoms with van der Waals surface area (Å²) >= 11 is 0. The third-order valence-corrected chi connectivity index (χ3v) is 3.82. The summed E-state index contributed by atoms with van der Waals surface area (Å²) in [7, 11) is 0. The number of aryl methyl sites for hydroxylation is 1. The van der Waals surface area contributed by atoms with E-state index in [4.69, 9.17) is 4.74 Å². The van der Waals surface area contributed by atoms with Crippen LogP contribution in [0.4, 0.5) is 0 Å². The van der Waals surface area contributed by atoms with Crippen molar-refractivity contribution >= 4 is 0 Å². The molecule has 1 unspecified atom stereocenters. The summed E-state index contributed by atoms with van der Waals surface area (Å²) in [6.07, 6.45) is 2.85. The molecular weight excluding hydrogens is 258 g/mol. The zero-order valence-electron chi connectivity index (χ0n) is 12.8. The number of ether oxygens (including phenoxy) is 1. The van der Waals surface area contributed by atoms with Crippen LogP contribution in [-0.2, 0) is 0 Å². The molecular formula is C19H23NO. The Morgan fingerprint density at radius 2 is 1.86 bits per heavy atom. The van der Waals surface area contributed by atoms with Gasteiger partial charge in [0.2, 0.25) is 0 Å². The van der Waals surface area contributed by atoms with Crippen molar-refractivity contribution in [1.82, 2.24) is 5.32 Å². The Morgan fingerprint density at radius 3 is 2.48 bits per heavy atom. The smallest absolute Gasteiger partial charge is 0.119 e. The molecule has 21 heavy (non-hydrogen) atoms. The van der Waals surface area contributed by atoms with Crippen LogP contribution in [0.15, 0.2) is 48.5 Å². The summed E-state index contributed by atoms with van der Waals surface area (Å²) in [5, 5.41) is 3.57. The predicted octanol–water partition coefficient (Wildman–Crippen LogP) is 4.24. The van der Waals surface area contributed by atoms with E-state index in [2.05, 4.69) is 67.7 Å². The van der Waals surface area contributed by atoms with Crippen molar-refractivity contribution in [2.45, 2.75) is 38.8 Å². The largest absolute Gasteiger partial charge is 0.490 e. The number of benzene rings is 2. The van der Waals surface area contributed by atoms with Gasteiger partial charge in [-0.05, 0) is 49.6 Å². The van der Waals surface area contributed by atoms with E-state index < -0.39 is 0 Å². The van der Waals surface area contributed by atoms with Gasteiger partial charge in [0.15, 0.2) is 0 Å². The van der Waals surface area contributed by atoms with Gasteiger partial charge in [0.05, 0.1) is 12.1 Å². The SMILES string of the molecule is CCNC(c1ccc(OC2CC2)cc1)c1cccc(C)c1. The van der Waals surface area contributed by atoms with Crippen molar-refractivity contribution in [1.29, 1.82) is 0 Å². The maximum Gasteiger partial charge on any atom is 0.119 e. The van der Waals surface area contributed by atoms with E-state index in [1.165, 1.54) is 29.5 Å². The van der Waals surface area contributed by atoms with Crippen molar-refractivity contribution in [3.63, 3.8) is 0 Å². The molecule has 2 nitrogen and oxygen atoms in total. The molecule has 0 aromatic heterocycles. The normalized spacial score (nSPS) is 15.7. The maximum atomic E-state index is 5.82. The molecule has 0 radical (unpaired) electrons. The van der Waals surface area contributed by atoms with Crippen molar-refractivity contribution in [2.24, 2.45) is 0 Å². The molecule has 0 aliphatic heterocycles. The fourth-order valence-corrected chi connectivity index (χ4v) is 2.60. The Kier molecular flexibility index (Phi) is 4.26. The average molecular weight is 281 g/mol. The molecule has 1 atom stereocenters. The second-order valence-corrected chi connectivity index (χ2v) is 5.79. The van der Waals surface area contributed by atoms with Crippen LogP contribution in [0.5, 0.6) is 5.75 Å². The van der Waals surface area contributed by atoms with Gasteiger partial charge >= 0.3 is 0 Å².